The number of para-hydroxylation sites is 2. The Hall–Kier alpha value is -3.61. The maximum Gasteiger partial charge on any atom is 0.416 e. The quantitative estimate of drug-likeness (QED) is 0.482. The van der Waals surface area contributed by atoms with Gasteiger partial charge in [0.05, 0.1) is 11.8 Å². The average molecular weight is 384 g/mol. The fourth-order valence-corrected chi connectivity index (χ4v) is 2.33. The number of carbonyl (C=O) groups is 1. The fraction of sp³-hybridized carbons (Fsp3) is 0.0476. The van der Waals surface area contributed by atoms with Gasteiger partial charge < -0.3 is 4.74 Å². The zero-order valence-corrected chi connectivity index (χ0v) is 14.5. The van der Waals surface area contributed by atoms with Gasteiger partial charge in [-0.25, -0.2) is 5.43 Å². The number of nitrogens with zero attached hydrogens (tertiary/aromatic N) is 1. The van der Waals surface area contributed by atoms with Gasteiger partial charge in [0.15, 0.2) is 0 Å². The average Bonchev–Trinajstić information content (AvgIpc) is 2.69. The van der Waals surface area contributed by atoms with E-state index in [1.54, 1.807) is 36.4 Å². The molecule has 3 rings (SSSR count). The Morgan fingerprint density at radius 3 is 2.21 bits per heavy atom. The second kappa shape index (κ2) is 8.39. The van der Waals surface area contributed by atoms with Crippen LogP contribution < -0.4 is 10.2 Å². The number of rotatable bonds is 5. The van der Waals surface area contributed by atoms with Crippen LogP contribution in [0.1, 0.15) is 21.5 Å². The number of benzene rings is 3. The van der Waals surface area contributed by atoms with Gasteiger partial charge in [0.1, 0.15) is 11.5 Å². The van der Waals surface area contributed by atoms with Gasteiger partial charge in [-0.15, -0.1) is 0 Å². The van der Waals surface area contributed by atoms with Crippen LogP contribution in [0, 0.1) is 0 Å². The minimum absolute atomic E-state index is 0.0685. The van der Waals surface area contributed by atoms with Crippen molar-refractivity contribution in [1.82, 2.24) is 5.43 Å². The highest BCUT2D eigenvalue weighted by Gasteiger charge is 2.30. The topological polar surface area (TPSA) is 50.7 Å². The highest BCUT2D eigenvalue weighted by molar-refractivity contribution is 5.95. The summed E-state index contributed by atoms with van der Waals surface area (Å²) in [6.45, 7) is 0. The van der Waals surface area contributed by atoms with E-state index in [1.165, 1.54) is 6.21 Å². The van der Waals surface area contributed by atoms with Crippen LogP contribution in [0.25, 0.3) is 0 Å². The van der Waals surface area contributed by atoms with Crippen LogP contribution >= 0.6 is 0 Å². The number of hydrazone groups is 1. The first-order chi connectivity index (χ1) is 13.4. The van der Waals surface area contributed by atoms with Crippen molar-refractivity contribution >= 4 is 12.1 Å². The fourth-order valence-electron chi connectivity index (χ4n) is 2.33. The molecule has 3 aromatic rings. The van der Waals surface area contributed by atoms with Crippen LogP contribution in [0.5, 0.6) is 11.5 Å². The highest BCUT2D eigenvalue weighted by atomic mass is 19.4. The van der Waals surface area contributed by atoms with Crippen molar-refractivity contribution < 1.29 is 22.7 Å². The molecule has 7 heteroatoms. The lowest BCUT2D eigenvalue weighted by Crippen LogP contribution is -2.18. The van der Waals surface area contributed by atoms with Gasteiger partial charge in [-0.3, -0.25) is 4.79 Å². The molecule has 0 aromatic heterocycles. The molecular weight excluding hydrogens is 369 g/mol. The normalized spacial score (nSPS) is 11.4. The molecule has 0 bridgehead atoms. The van der Waals surface area contributed by atoms with Crippen LogP contribution in [0.2, 0.25) is 0 Å². The predicted molar refractivity (Wildman–Crippen MR) is 99.5 cm³/mol. The van der Waals surface area contributed by atoms with Gasteiger partial charge >= 0.3 is 6.18 Å². The summed E-state index contributed by atoms with van der Waals surface area (Å²) in [5.74, 6) is 0.574. The lowest BCUT2D eigenvalue weighted by molar-refractivity contribution is -0.137. The summed E-state index contributed by atoms with van der Waals surface area (Å²) < 4.78 is 43.5. The standard InChI is InChI=1S/C21H15F3N2O2/c22-21(23,24)17-12-10-15(11-13-17)20(27)26-25-14-16-6-4-5-9-19(16)28-18-7-2-1-3-8-18/h1-14H,(H,26,27)/b25-14+. The van der Waals surface area contributed by atoms with Gasteiger partial charge in [-0.1, -0.05) is 30.3 Å². The van der Waals surface area contributed by atoms with Crippen LogP contribution in [-0.4, -0.2) is 12.1 Å². The Morgan fingerprint density at radius 2 is 1.54 bits per heavy atom. The first-order valence-corrected chi connectivity index (χ1v) is 8.26. The van der Waals surface area contributed by atoms with Crippen molar-refractivity contribution in [3.63, 3.8) is 0 Å². The van der Waals surface area contributed by atoms with Crippen LogP contribution in [0.4, 0.5) is 13.2 Å². The first-order valence-electron chi connectivity index (χ1n) is 8.26. The Bertz CT molecular complexity index is 969. The summed E-state index contributed by atoms with van der Waals surface area (Å²) in [5, 5.41) is 3.86. The molecular formula is C21H15F3N2O2. The van der Waals surface area contributed by atoms with E-state index < -0.39 is 17.6 Å². The van der Waals surface area contributed by atoms with Crippen molar-refractivity contribution in [2.75, 3.05) is 0 Å². The number of nitrogens with one attached hydrogen (secondary N) is 1. The number of halogens is 3. The molecule has 0 aliphatic rings. The highest BCUT2D eigenvalue weighted by Crippen LogP contribution is 2.29. The Kier molecular flexibility index (Phi) is 5.74. The number of ether oxygens (including phenoxy) is 1. The third kappa shape index (κ3) is 4.97. The van der Waals surface area contributed by atoms with Gasteiger partial charge in [-0.2, -0.15) is 18.3 Å². The van der Waals surface area contributed by atoms with Crippen LogP contribution in [-0.2, 0) is 6.18 Å². The maximum atomic E-state index is 12.6. The number of hydrogen-bond donors (Lipinski definition) is 1. The van der Waals surface area contributed by atoms with Gasteiger partial charge in [-0.05, 0) is 48.5 Å². The van der Waals surface area contributed by atoms with Crippen molar-refractivity contribution in [2.45, 2.75) is 6.18 Å². The zero-order valence-electron chi connectivity index (χ0n) is 14.5. The van der Waals surface area contributed by atoms with E-state index in [0.717, 1.165) is 24.3 Å². The number of carbonyl (C=O) groups excluding carboxylic acids is 1. The molecule has 0 heterocycles. The van der Waals surface area contributed by atoms with E-state index in [9.17, 15) is 18.0 Å². The largest absolute Gasteiger partial charge is 0.457 e. The van der Waals surface area contributed by atoms with Gasteiger partial charge in [0, 0.05) is 11.1 Å². The minimum atomic E-state index is -4.45. The van der Waals surface area contributed by atoms with E-state index >= 15 is 0 Å². The number of amides is 1. The lowest BCUT2D eigenvalue weighted by atomic mass is 10.1. The summed E-state index contributed by atoms with van der Waals surface area (Å²) in [7, 11) is 0. The molecule has 0 unspecified atom stereocenters. The molecule has 1 N–H and O–H groups in total. The van der Waals surface area contributed by atoms with Crippen LogP contribution in [0.15, 0.2) is 84.0 Å². The zero-order chi connectivity index (χ0) is 20.0. The SMILES string of the molecule is O=C(N/N=C/c1ccccc1Oc1ccccc1)c1ccc(C(F)(F)F)cc1. The molecule has 0 fully saturated rings. The lowest BCUT2D eigenvalue weighted by Gasteiger charge is -2.08. The summed E-state index contributed by atoms with van der Waals surface area (Å²) in [4.78, 5) is 12.0. The van der Waals surface area contributed by atoms with Crippen molar-refractivity contribution in [2.24, 2.45) is 5.10 Å². The number of hydrogen-bond acceptors (Lipinski definition) is 3. The molecule has 0 radical (unpaired) electrons. The van der Waals surface area contributed by atoms with Crippen molar-refractivity contribution in [1.29, 1.82) is 0 Å². The van der Waals surface area contributed by atoms with Crippen molar-refractivity contribution in [3.8, 4) is 11.5 Å². The predicted octanol–water partition coefficient (Wildman–Crippen LogP) is 5.26. The molecule has 4 nitrogen and oxygen atoms in total. The summed E-state index contributed by atoms with van der Waals surface area (Å²) in [5.41, 5.74) is 2.16. The monoisotopic (exact) mass is 384 g/mol. The Labute approximate surface area is 159 Å². The molecule has 0 saturated carbocycles. The summed E-state index contributed by atoms with van der Waals surface area (Å²) in [6.07, 6.45) is -3.05. The molecule has 0 saturated heterocycles. The molecule has 0 spiro atoms. The smallest absolute Gasteiger partial charge is 0.416 e. The van der Waals surface area contributed by atoms with E-state index in [4.69, 9.17) is 4.74 Å². The summed E-state index contributed by atoms with van der Waals surface area (Å²) >= 11 is 0. The molecule has 28 heavy (non-hydrogen) atoms. The third-order valence-corrected chi connectivity index (χ3v) is 3.73. The second-order valence-electron chi connectivity index (χ2n) is 5.73. The molecule has 0 aliphatic heterocycles. The molecule has 142 valence electrons. The Balaban J connectivity index is 1.67. The summed E-state index contributed by atoms with van der Waals surface area (Å²) in [6, 6.07) is 20.2. The van der Waals surface area contributed by atoms with E-state index in [0.29, 0.717) is 17.1 Å². The second-order valence-corrected chi connectivity index (χ2v) is 5.73. The van der Waals surface area contributed by atoms with Crippen molar-refractivity contribution in [3.05, 3.63) is 95.6 Å². The van der Waals surface area contributed by atoms with E-state index in [2.05, 4.69) is 10.5 Å². The third-order valence-electron chi connectivity index (χ3n) is 3.73. The van der Waals surface area contributed by atoms with Gasteiger partial charge in [0.25, 0.3) is 5.91 Å². The van der Waals surface area contributed by atoms with E-state index in [1.807, 2.05) is 18.2 Å². The minimum Gasteiger partial charge on any atom is -0.457 e. The molecule has 3 aromatic carbocycles. The molecule has 0 atom stereocenters. The number of alkyl halides is 3. The molecule has 0 aliphatic carbocycles. The van der Waals surface area contributed by atoms with E-state index in [-0.39, 0.29) is 5.56 Å². The Morgan fingerprint density at radius 1 is 0.893 bits per heavy atom. The van der Waals surface area contributed by atoms with Crippen LogP contribution in [0.3, 0.4) is 0 Å². The molecule has 1 amide bonds. The van der Waals surface area contributed by atoms with Gasteiger partial charge in [0.2, 0.25) is 0 Å². The first kappa shape index (κ1) is 19.2. The maximum absolute atomic E-state index is 12.6.